The predicted molar refractivity (Wildman–Crippen MR) is 340 cm³/mol. The number of aromatic nitrogens is 5. The molecule has 3 saturated heterocycles. The van der Waals surface area contributed by atoms with Crippen molar-refractivity contribution in [1.82, 2.24) is 39.1 Å². The van der Waals surface area contributed by atoms with Crippen molar-refractivity contribution in [1.29, 1.82) is 0 Å². The number of anilines is 2. The maximum atomic E-state index is 14.8. The third kappa shape index (κ3) is 31.0. The van der Waals surface area contributed by atoms with Gasteiger partial charge in [0.05, 0.1) is 47.2 Å². The summed E-state index contributed by atoms with van der Waals surface area (Å²) in [6, 6.07) is 12.6. The summed E-state index contributed by atoms with van der Waals surface area (Å²) in [6.45, 7) is 15.6. The molecule has 0 bridgehead atoms. The van der Waals surface area contributed by atoms with Crippen molar-refractivity contribution in [3.63, 3.8) is 0 Å². The second kappa shape index (κ2) is 44.2. The van der Waals surface area contributed by atoms with Crippen LogP contribution in [0.5, 0.6) is 0 Å². The van der Waals surface area contributed by atoms with Crippen molar-refractivity contribution in [2.24, 2.45) is 0 Å². The molecule has 495 valence electrons. The molecule has 5 aromatic heterocycles. The molecule has 91 heavy (non-hydrogen) atoms. The maximum absolute atomic E-state index is 14.8. The van der Waals surface area contributed by atoms with E-state index in [0.717, 1.165) is 16.3 Å². The van der Waals surface area contributed by atoms with Crippen LogP contribution in [0.2, 0.25) is 0 Å². The number of alkyl halides is 8. The van der Waals surface area contributed by atoms with E-state index in [9.17, 15) is 63.9 Å². The van der Waals surface area contributed by atoms with E-state index in [-0.39, 0.29) is 221 Å². The molecule has 3 fully saturated rings. The fourth-order valence-corrected chi connectivity index (χ4v) is 8.85. The second-order valence-electron chi connectivity index (χ2n) is 21.0. The number of rotatable bonds is 13. The number of H-pyrrole nitrogens is 1. The summed E-state index contributed by atoms with van der Waals surface area (Å²) in [5.41, 5.74) is 0.550. The Balaban J connectivity index is -0.00000112. The van der Waals surface area contributed by atoms with Crippen LogP contribution < -0.4 is 141 Å². The summed E-state index contributed by atoms with van der Waals surface area (Å²) < 4.78 is 114. The molecule has 4 N–H and O–H groups in total. The Kier molecular flexibility index (Phi) is 43.9. The third-order valence-corrected chi connectivity index (χ3v) is 13.8. The van der Waals surface area contributed by atoms with E-state index in [4.69, 9.17) is 10.1 Å². The SMILES string of the molecule is C.CC(C)I.CC(C)n1cc(C2CN([C@@H](C)C(=O)Nc3ccc(F)cn3)CCC2(F)F)ccc1=O.CC(C)n1cc(C2CNCCC2(F)F)ccc1=O.C[C@@H](Br)C(=O)Nc1ccc(F)cn1.Cl.O=CO[O-].O=C[B]N1CCC(F)(F)C(c2ccc(=O)[nH]c2)C1.[H-].[K+].[K+]. The Morgan fingerprint density at radius 1 is 0.714 bits per heavy atom. The second-order valence-corrected chi connectivity index (χ2v) is 24.8. The largest absolute Gasteiger partial charge is 1.00 e. The minimum Gasteiger partial charge on any atom is -1.00 e. The van der Waals surface area contributed by atoms with E-state index < -0.39 is 65.5 Å². The summed E-state index contributed by atoms with van der Waals surface area (Å²) >= 11 is 5.44. The molecule has 8 heterocycles. The Labute approximate surface area is 639 Å². The van der Waals surface area contributed by atoms with Gasteiger partial charge in [0.25, 0.3) is 42.8 Å². The van der Waals surface area contributed by atoms with E-state index in [0.29, 0.717) is 35.2 Å². The summed E-state index contributed by atoms with van der Waals surface area (Å²) in [5.74, 6) is -12.5. The maximum Gasteiger partial charge on any atom is 1.00 e. The van der Waals surface area contributed by atoms with Gasteiger partial charge in [-0.2, -0.15) is 0 Å². The van der Waals surface area contributed by atoms with E-state index in [1.54, 1.807) is 29.8 Å². The number of piperidine rings is 3. The first-order valence-corrected chi connectivity index (χ1v) is 29.5. The standard InChI is InChI=1S/C21H25F3N4O2.C13H18F2N2O.C11H12BF2N2O2.C8H8BrFN2O.C3H7I.CH2O3.CH4.ClH.2K.H/c1-13(2)28-11-15(4-7-19(28)29)17-12-27(9-8-21(17,23)24)14(3)20(30)26-18-6-5-16(22)10-25-18;1-9(2)17-8-10(3-4-12(17)18)11-7-16-6-5-13(11,14)15;13-11(14)3-4-16(12-7-17)6-9(11)8-1-2-10(18)15-5-8;1-5(9)8(13)12-7-3-2-6(10)4-11-7;1-3(2)4;2-1-4-3;;;;;/h4-7,10-11,13-14,17H,8-9,12H2,1-3H3,(H,25,26,30);3-4,8-9,11,16H,5-7H2,1-2H3;1-2,5,7,9H,3-4,6H2,(H,15,18);2-5H,1H3,(H,11,12,13);3H,1-2H3;1,3H;1H4;1H;;;/q;;;;;;;;2*+1;-1/p-1/t14-,17?;;;5-;;;;;;;/m0..1......./s1. The molecule has 33 heteroatoms. The van der Waals surface area contributed by atoms with Crippen LogP contribution >= 0.6 is 50.9 Å². The first-order valence-electron chi connectivity index (χ1n) is 27.4. The molecule has 2 amide bonds. The molecule has 0 aromatic carbocycles. The van der Waals surface area contributed by atoms with Gasteiger partial charge in [-0.25, -0.2) is 45.1 Å². The van der Waals surface area contributed by atoms with Crippen molar-refractivity contribution in [3.8, 4) is 0 Å². The fourth-order valence-electron chi connectivity index (χ4n) is 8.73. The number of pyridine rings is 5. The molecule has 0 saturated carbocycles. The molecule has 8 rings (SSSR count). The number of halogens is 11. The first-order chi connectivity index (χ1) is 40.8. The number of carbonyl (C=O) groups is 4. The molecule has 5 aromatic rings. The van der Waals surface area contributed by atoms with Crippen LogP contribution in [-0.4, -0.2) is 138 Å². The van der Waals surface area contributed by atoms with Crippen LogP contribution in [0.4, 0.5) is 46.8 Å². The van der Waals surface area contributed by atoms with Gasteiger partial charge >= 0.3 is 103 Å². The van der Waals surface area contributed by atoms with Crippen LogP contribution in [-0.2, 0) is 24.1 Å². The molecular formula is C58H77BBrClF8IK2N10O9. The molecule has 3 unspecified atom stereocenters. The number of hydrogen-bond donors (Lipinski definition) is 4. The summed E-state index contributed by atoms with van der Waals surface area (Å²) in [4.78, 5) is 92.7. The average Bonchev–Trinajstić information content (AvgIpc) is 0.844. The number of carbonyl (C=O) groups excluding carboxylic acids is 4. The quantitative estimate of drug-likeness (QED) is 0.0251. The number of hydrogen-bond acceptors (Lipinski definition) is 14. The Bertz CT molecular complexity index is 3160. The summed E-state index contributed by atoms with van der Waals surface area (Å²) in [7, 11) is 1.27. The van der Waals surface area contributed by atoms with Crippen LogP contribution in [0, 0.1) is 11.6 Å². The minimum absolute atomic E-state index is 0. The molecule has 1 radical (unpaired) electrons. The molecule has 0 spiro atoms. The van der Waals surface area contributed by atoms with Gasteiger partial charge in [-0.3, -0.25) is 33.7 Å². The van der Waals surface area contributed by atoms with Crippen LogP contribution in [0.25, 0.3) is 0 Å². The number of nitrogens with one attached hydrogen (secondary N) is 4. The fraction of sp³-hybridized carbons (Fsp3) is 0.500. The molecule has 0 aliphatic carbocycles. The third-order valence-electron chi connectivity index (χ3n) is 13.4. The smallest absolute Gasteiger partial charge is 1.00 e. The summed E-state index contributed by atoms with van der Waals surface area (Å²) in [6.07, 6.45) is 6.14. The normalized spacial score (nSPS) is 18.3. The van der Waals surface area contributed by atoms with Crippen molar-refractivity contribution in [2.45, 2.75) is 144 Å². The zero-order chi connectivity index (χ0) is 65.4. The van der Waals surface area contributed by atoms with Crippen molar-refractivity contribution >= 4 is 94.5 Å². The Morgan fingerprint density at radius 3 is 1.56 bits per heavy atom. The van der Waals surface area contributed by atoms with Gasteiger partial charge in [0.15, 0.2) is 0 Å². The van der Waals surface area contributed by atoms with Crippen LogP contribution in [0.1, 0.15) is 130 Å². The zero-order valence-electron chi connectivity index (χ0n) is 52.4. The van der Waals surface area contributed by atoms with Gasteiger partial charge in [-0.1, -0.05) is 78.0 Å². The summed E-state index contributed by atoms with van der Waals surface area (Å²) in [5, 5.41) is 16.5. The van der Waals surface area contributed by atoms with Crippen molar-refractivity contribution in [3.05, 3.63) is 151 Å². The minimum atomic E-state index is -2.95. The number of likely N-dealkylation sites (tertiary alicyclic amines) is 1. The average molecular weight is 1540 g/mol. The number of nitrogens with zero attached hydrogens (tertiary/aromatic N) is 6. The van der Waals surface area contributed by atoms with Gasteiger partial charge in [0.2, 0.25) is 17.4 Å². The van der Waals surface area contributed by atoms with E-state index in [1.165, 1.54) is 89.6 Å². The molecule has 3 aliphatic rings. The molecule has 19 nitrogen and oxygen atoms in total. The number of amides is 2. The van der Waals surface area contributed by atoms with E-state index in [1.807, 2.05) is 27.7 Å². The van der Waals surface area contributed by atoms with E-state index >= 15 is 0 Å². The van der Waals surface area contributed by atoms with Crippen LogP contribution in [0.3, 0.4) is 0 Å². The first kappa shape index (κ1) is 90.4. The predicted octanol–water partition coefficient (Wildman–Crippen LogP) is 3.55. The Hall–Kier alpha value is -2.65. The van der Waals surface area contributed by atoms with Crippen molar-refractivity contribution < 1.29 is 169 Å². The van der Waals surface area contributed by atoms with Gasteiger partial charge in [0, 0.05) is 98.2 Å². The van der Waals surface area contributed by atoms with Crippen molar-refractivity contribution in [2.75, 3.05) is 49.9 Å². The van der Waals surface area contributed by atoms with Gasteiger partial charge in [-0.15, -0.1) is 12.4 Å². The monoisotopic (exact) mass is 1540 g/mol. The van der Waals surface area contributed by atoms with Gasteiger partial charge in [-0.05, 0) is 95.6 Å². The van der Waals surface area contributed by atoms with Gasteiger partial charge < -0.3 is 51.2 Å². The van der Waals surface area contributed by atoms with Gasteiger partial charge in [0.1, 0.15) is 23.3 Å². The van der Waals surface area contributed by atoms with E-state index in [2.05, 4.69) is 88.2 Å². The molecule has 3 aliphatic heterocycles. The molecule has 5 atom stereocenters. The Morgan fingerprint density at radius 2 is 1.15 bits per heavy atom. The number of aromatic amines is 1. The topological polar surface area (TPSA) is 246 Å². The molecular weight excluding hydrogens is 1460 g/mol. The zero-order valence-corrected chi connectivity index (χ0v) is 62.2. The van der Waals surface area contributed by atoms with Crippen LogP contribution in [0.15, 0.2) is 106 Å².